The number of hydrogen-bond acceptors (Lipinski definition) is 5. The summed E-state index contributed by atoms with van der Waals surface area (Å²) < 4.78 is 15.0. The number of methoxy groups -OCH3 is 1. The van der Waals surface area contributed by atoms with Gasteiger partial charge in [0.25, 0.3) is 0 Å². The van der Waals surface area contributed by atoms with E-state index in [1.54, 1.807) is 0 Å². The van der Waals surface area contributed by atoms with Crippen LogP contribution in [0.2, 0.25) is 0 Å². The van der Waals surface area contributed by atoms with Gasteiger partial charge < -0.3 is 14.2 Å². The molecule has 0 saturated carbocycles. The number of hydrogen-bond donors (Lipinski definition) is 0. The first-order chi connectivity index (χ1) is 7.02. The molecule has 1 aliphatic rings. The third-order valence-electron chi connectivity index (χ3n) is 2.27. The van der Waals surface area contributed by atoms with Crippen LogP contribution in [0.5, 0.6) is 0 Å². The molecule has 3 unspecified atom stereocenters. The van der Waals surface area contributed by atoms with Gasteiger partial charge in [0.1, 0.15) is 6.10 Å². The summed E-state index contributed by atoms with van der Waals surface area (Å²) in [6.45, 7) is 3.19. The van der Waals surface area contributed by atoms with Crippen LogP contribution in [0, 0.1) is 0 Å². The van der Waals surface area contributed by atoms with E-state index in [2.05, 4.69) is 4.74 Å². The van der Waals surface area contributed by atoms with Gasteiger partial charge in [-0.2, -0.15) is 0 Å². The zero-order valence-corrected chi connectivity index (χ0v) is 9.19. The van der Waals surface area contributed by atoms with Crippen LogP contribution < -0.4 is 0 Å². The maximum Gasteiger partial charge on any atom is 0.335 e. The van der Waals surface area contributed by atoms with Crippen LogP contribution in [0.3, 0.4) is 0 Å². The summed E-state index contributed by atoms with van der Waals surface area (Å²) in [6.07, 6.45) is 0.00887. The van der Waals surface area contributed by atoms with Gasteiger partial charge in [-0.1, -0.05) is 0 Å². The second-order valence-electron chi connectivity index (χ2n) is 3.66. The van der Waals surface area contributed by atoms with E-state index in [0.29, 0.717) is 12.8 Å². The fourth-order valence-electron chi connectivity index (χ4n) is 1.71. The third-order valence-corrected chi connectivity index (χ3v) is 2.27. The van der Waals surface area contributed by atoms with Gasteiger partial charge in [-0.3, -0.25) is 4.79 Å². The Morgan fingerprint density at radius 1 is 1.33 bits per heavy atom. The van der Waals surface area contributed by atoms with Crippen LogP contribution >= 0.6 is 0 Å². The Morgan fingerprint density at radius 2 is 2.00 bits per heavy atom. The van der Waals surface area contributed by atoms with Crippen molar-refractivity contribution >= 4 is 11.9 Å². The van der Waals surface area contributed by atoms with Crippen molar-refractivity contribution in [1.29, 1.82) is 0 Å². The van der Waals surface area contributed by atoms with E-state index in [1.807, 2.05) is 6.92 Å². The second-order valence-corrected chi connectivity index (χ2v) is 3.66. The first-order valence-corrected chi connectivity index (χ1v) is 4.93. The summed E-state index contributed by atoms with van der Waals surface area (Å²) in [5.41, 5.74) is 0. The molecule has 0 amide bonds. The lowest BCUT2D eigenvalue weighted by molar-refractivity contribution is -0.176. The molecular weight excluding hydrogens is 200 g/mol. The van der Waals surface area contributed by atoms with E-state index in [9.17, 15) is 9.59 Å². The SMILES string of the molecule is COC(=O)C1CC(OC(C)=O)CC(C)O1. The minimum Gasteiger partial charge on any atom is -0.467 e. The first kappa shape index (κ1) is 12.0. The minimum absolute atomic E-state index is 0.104. The van der Waals surface area contributed by atoms with E-state index in [4.69, 9.17) is 9.47 Å². The summed E-state index contributed by atoms with van der Waals surface area (Å²) in [5.74, 6) is -0.753. The predicted octanol–water partition coefficient (Wildman–Crippen LogP) is 0.659. The summed E-state index contributed by atoms with van der Waals surface area (Å²) in [7, 11) is 1.31. The highest BCUT2D eigenvalue weighted by Gasteiger charge is 2.33. The predicted molar refractivity (Wildman–Crippen MR) is 51.1 cm³/mol. The molecule has 0 bridgehead atoms. The van der Waals surface area contributed by atoms with Crippen molar-refractivity contribution < 1.29 is 23.8 Å². The molecule has 0 aromatic rings. The van der Waals surface area contributed by atoms with Crippen LogP contribution in [0.25, 0.3) is 0 Å². The van der Waals surface area contributed by atoms with Gasteiger partial charge in [-0.15, -0.1) is 0 Å². The van der Waals surface area contributed by atoms with Crippen LogP contribution in [-0.4, -0.2) is 37.4 Å². The summed E-state index contributed by atoms with van der Waals surface area (Å²) >= 11 is 0. The van der Waals surface area contributed by atoms with Crippen molar-refractivity contribution in [3.63, 3.8) is 0 Å². The molecule has 0 radical (unpaired) electrons. The van der Waals surface area contributed by atoms with E-state index >= 15 is 0 Å². The zero-order valence-electron chi connectivity index (χ0n) is 9.19. The van der Waals surface area contributed by atoms with Gasteiger partial charge in [-0.05, 0) is 6.92 Å². The van der Waals surface area contributed by atoms with Crippen molar-refractivity contribution in [1.82, 2.24) is 0 Å². The topological polar surface area (TPSA) is 61.8 Å². The monoisotopic (exact) mass is 216 g/mol. The van der Waals surface area contributed by atoms with Crippen LogP contribution in [0.1, 0.15) is 26.7 Å². The van der Waals surface area contributed by atoms with E-state index < -0.39 is 12.1 Å². The molecule has 0 spiro atoms. The van der Waals surface area contributed by atoms with Crippen molar-refractivity contribution in [3.8, 4) is 0 Å². The Morgan fingerprint density at radius 3 is 2.53 bits per heavy atom. The molecule has 0 N–H and O–H groups in total. The van der Waals surface area contributed by atoms with Crippen molar-refractivity contribution in [2.75, 3.05) is 7.11 Å². The maximum atomic E-state index is 11.3. The average molecular weight is 216 g/mol. The van der Waals surface area contributed by atoms with Gasteiger partial charge in [0.15, 0.2) is 6.10 Å². The minimum atomic E-state index is -0.622. The molecule has 1 heterocycles. The molecule has 86 valence electrons. The number of ether oxygens (including phenoxy) is 3. The molecule has 0 aromatic carbocycles. The Hall–Kier alpha value is -1.10. The van der Waals surface area contributed by atoms with Crippen LogP contribution in [0.15, 0.2) is 0 Å². The van der Waals surface area contributed by atoms with Crippen LogP contribution in [0.4, 0.5) is 0 Å². The Bertz CT molecular complexity index is 250. The quantitative estimate of drug-likeness (QED) is 0.634. The molecular formula is C10H16O5. The number of rotatable bonds is 2. The van der Waals surface area contributed by atoms with Gasteiger partial charge >= 0.3 is 11.9 Å². The summed E-state index contributed by atoms with van der Waals surface area (Å²) in [5, 5.41) is 0. The maximum absolute atomic E-state index is 11.3. The Kier molecular flexibility index (Phi) is 4.08. The molecule has 1 aliphatic heterocycles. The molecule has 1 fully saturated rings. The fraction of sp³-hybridized carbons (Fsp3) is 0.800. The highest BCUT2D eigenvalue weighted by atomic mass is 16.6. The third kappa shape index (κ3) is 3.51. The van der Waals surface area contributed by atoms with Gasteiger partial charge in [0.2, 0.25) is 0 Å². The molecule has 3 atom stereocenters. The fourth-order valence-corrected chi connectivity index (χ4v) is 1.71. The average Bonchev–Trinajstić information content (AvgIpc) is 2.14. The lowest BCUT2D eigenvalue weighted by Gasteiger charge is -2.31. The lowest BCUT2D eigenvalue weighted by Crippen LogP contribution is -2.41. The largest absolute Gasteiger partial charge is 0.467 e. The highest BCUT2D eigenvalue weighted by Crippen LogP contribution is 2.22. The lowest BCUT2D eigenvalue weighted by atomic mass is 10.0. The smallest absolute Gasteiger partial charge is 0.335 e. The standard InChI is InChI=1S/C10H16O5/c1-6-4-8(15-7(2)11)5-9(14-6)10(12)13-3/h6,8-9H,4-5H2,1-3H3. The Balaban J connectivity index is 2.55. The zero-order chi connectivity index (χ0) is 11.4. The molecule has 1 saturated heterocycles. The molecule has 1 rings (SSSR count). The first-order valence-electron chi connectivity index (χ1n) is 4.93. The molecule has 15 heavy (non-hydrogen) atoms. The van der Waals surface area contributed by atoms with Gasteiger partial charge in [0.05, 0.1) is 13.2 Å². The van der Waals surface area contributed by atoms with E-state index in [1.165, 1.54) is 14.0 Å². The number of esters is 2. The van der Waals surface area contributed by atoms with E-state index in [-0.39, 0.29) is 18.2 Å². The van der Waals surface area contributed by atoms with Crippen molar-refractivity contribution in [2.45, 2.75) is 45.0 Å². The summed E-state index contributed by atoms with van der Waals surface area (Å²) in [6, 6.07) is 0. The molecule has 0 aromatic heterocycles. The number of carbonyl (C=O) groups excluding carboxylic acids is 2. The molecule has 5 heteroatoms. The van der Waals surface area contributed by atoms with E-state index in [0.717, 1.165) is 0 Å². The van der Waals surface area contributed by atoms with Crippen LogP contribution in [-0.2, 0) is 23.8 Å². The Labute approximate surface area is 88.7 Å². The van der Waals surface area contributed by atoms with Gasteiger partial charge in [-0.25, -0.2) is 4.79 Å². The summed E-state index contributed by atoms with van der Waals surface area (Å²) in [4.78, 5) is 22.0. The van der Waals surface area contributed by atoms with Crippen molar-refractivity contribution in [2.24, 2.45) is 0 Å². The molecule has 5 nitrogen and oxygen atoms in total. The van der Waals surface area contributed by atoms with Gasteiger partial charge in [0, 0.05) is 19.8 Å². The number of carbonyl (C=O) groups is 2. The molecule has 0 aliphatic carbocycles. The second kappa shape index (κ2) is 5.11. The normalized spacial score (nSPS) is 30.7. The van der Waals surface area contributed by atoms with Crippen molar-refractivity contribution in [3.05, 3.63) is 0 Å². The highest BCUT2D eigenvalue weighted by molar-refractivity contribution is 5.74.